The van der Waals surface area contributed by atoms with Gasteiger partial charge in [0.25, 0.3) is 5.91 Å². The number of carbonyl (C=O) groups is 1. The van der Waals surface area contributed by atoms with Gasteiger partial charge in [-0.2, -0.15) is 0 Å². The summed E-state index contributed by atoms with van der Waals surface area (Å²) in [5.74, 6) is 2.36. The van der Waals surface area contributed by atoms with Crippen molar-refractivity contribution in [3.8, 4) is 23.0 Å². The maximum absolute atomic E-state index is 12.7. The maximum Gasteiger partial charge on any atom is 0.255 e. The predicted molar refractivity (Wildman–Crippen MR) is 98.0 cm³/mol. The van der Waals surface area contributed by atoms with Crippen LogP contribution in [0, 0.1) is 0 Å². The number of carbonyl (C=O) groups excluding carboxylic acids is 1. The molecule has 8 nitrogen and oxygen atoms in total. The van der Waals surface area contributed by atoms with Crippen LogP contribution in [0.5, 0.6) is 11.5 Å². The quantitative estimate of drug-likeness (QED) is 0.692. The molecular formula is C20H18N4O4. The molecule has 0 bridgehead atoms. The molecule has 2 aliphatic heterocycles. The molecule has 142 valence electrons. The van der Waals surface area contributed by atoms with Crippen molar-refractivity contribution in [3.63, 3.8) is 0 Å². The summed E-state index contributed by atoms with van der Waals surface area (Å²) in [6.45, 7) is 1.49. The second-order valence-corrected chi connectivity index (χ2v) is 6.85. The van der Waals surface area contributed by atoms with Crippen LogP contribution >= 0.6 is 0 Å². The monoisotopic (exact) mass is 378 g/mol. The van der Waals surface area contributed by atoms with Crippen molar-refractivity contribution in [1.29, 1.82) is 0 Å². The SMILES string of the molecule is O=C(c1cccnc1)N1CCCC(c2nnc(-c3ccc4c(c3)OCO4)o2)C1. The molecule has 1 aromatic carbocycles. The van der Waals surface area contributed by atoms with E-state index in [9.17, 15) is 4.79 Å². The fourth-order valence-electron chi connectivity index (χ4n) is 3.58. The van der Waals surface area contributed by atoms with Crippen molar-refractivity contribution in [2.75, 3.05) is 19.9 Å². The van der Waals surface area contributed by atoms with Crippen LogP contribution < -0.4 is 9.47 Å². The lowest BCUT2D eigenvalue weighted by Crippen LogP contribution is -2.39. The van der Waals surface area contributed by atoms with E-state index in [0.717, 1.165) is 18.4 Å². The molecule has 2 aliphatic rings. The van der Waals surface area contributed by atoms with Crippen LogP contribution in [0.15, 0.2) is 47.1 Å². The number of hydrogen-bond acceptors (Lipinski definition) is 7. The van der Waals surface area contributed by atoms with Gasteiger partial charge in [-0.15, -0.1) is 10.2 Å². The first kappa shape index (κ1) is 16.7. The van der Waals surface area contributed by atoms with Gasteiger partial charge in [-0.3, -0.25) is 9.78 Å². The first-order valence-electron chi connectivity index (χ1n) is 9.20. The molecule has 0 aliphatic carbocycles. The average molecular weight is 378 g/mol. The number of benzene rings is 1. The van der Waals surface area contributed by atoms with Gasteiger partial charge in [0.15, 0.2) is 11.5 Å². The lowest BCUT2D eigenvalue weighted by molar-refractivity contribution is 0.0698. The summed E-state index contributed by atoms with van der Waals surface area (Å²) in [5.41, 5.74) is 1.37. The number of nitrogens with zero attached hydrogens (tertiary/aromatic N) is 4. The zero-order chi connectivity index (χ0) is 18.9. The van der Waals surface area contributed by atoms with Gasteiger partial charge in [-0.05, 0) is 43.2 Å². The van der Waals surface area contributed by atoms with Crippen LogP contribution in [-0.4, -0.2) is 45.9 Å². The van der Waals surface area contributed by atoms with Crippen molar-refractivity contribution in [1.82, 2.24) is 20.1 Å². The minimum atomic E-state index is -0.0201. The highest BCUT2D eigenvalue weighted by Gasteiger charge is 2.29. The largest absolute Gasteiger partial charge is 0.454 e. The van der Waals surface area contributed by atoms with E-state index in [1.54, 1.807) is 24.5 Å². The van der Waals surface area contributed by atoms with Gasteiger partial charge >= 0.3 is 0 Å². The number of amides is 1. The van der Waals surface area contributed by atoms with E-state index < -0.39 is 0 Å². The Morgan fingerprint density at radius 3 is 2.96 bits per heavy atom. The molecule has 1 saturated heterocycles. The van der Waals surface area contributed by atoms with Gasteiger partial charge in [-0.1, -0.05) is 0 Å². The number of rotatable bonds is 3. The molecule has 28 heavy (non-hydrogen) atoms. The molecule has 1 unspecified atom stereocenters. The summed E-state index contributed by atoms with van der Waals surface area (Å²) in [6.07, 6.45) is 5.04. The number of pyridine rings is 1. The zero-order valence-corrected chi connectivity index (χ0v) is 15.1. The van der Waals surface area contributed by atoms with Crippen molar-refractivity contribution < 1.29 is 18.7 Å². The van der Waals surface area contributed by atoms with E-state index in [1.165, 1.54) is 0 Å². The van der Waals surface area contributed by atoms with Crippen molar-refractivity contribution in [2.45, 2.75) is 18.8 Å². The molecule has 0 spiro atoms. The number of fused-ring (bicyclic) bond motifs is 1. The number of likely N-dealkylation sites (tertiary alicyclic amines) is 1. The van der Waals surface area contributed by atoms with Gasteiger partial charge < -0.3 is 18.8 Å². The second kappa shape index (κ2) is 6.95. The lowest BCUT2D eigenvalue weighted by Gasteiger charge is -2.31. The molecule has 0 saturated carbocycles. The number of aromatic nitrogens is 3. The molecule has 4 heterocycles. The van der Waals surface area contributed by atoms with Gasteiger partial charge in [0.2, 0.25) is 18.6 Å². The van der Waals surface area contributed by atoms with E-state index in [0.29, 0.717) is 41.9 Å². The Morgan fingerprint density at radius 1 is 1.14 bits per heavy atom. The molecule has 1 amide bonds. The highest BCUT2D eigenvalue weighted by Crippen LogP contribution is 2.36. The Labute approximate surface area is 161 Å². The second-order valence-electron chi connectivity index (χ2n) is 6.85. The summed E-state index contributed by atoms with van der Waals surface area (Å²) in [5, 5.41) is 8.43. The molecule has 1 atom stereocenters. The smallest absolute Gasteiger partial charge is 0.255 e. The summed E-state index contributed by atoms with van der Waals surface area (Å²) in [7, 11) is 0. The third-order valence-corrected chi connectivity index (χ3v) is 5.03. The minimum Gasteiger partial charge on any atom is -0.454 e. The predicted octanol–water partition coefficient (Wildman–Crippen LogP) is 2.88. The number of ether oxygens (including phenoxy) is 2. The van der Waals surface area contributed by atoms with E-state index in [1.807, 2.05) is 23.1 Å². The third kappa shape index (κ3) is 3.06. The van der Waals surface area contributed by atoms with Crippen LogP contribution in [0.2, 0.25) is 0 Å². The Morgan fingerprint density at radius 2 is 2.07 bits per heavy atom. The van der Waals surface area contributed by atoms with E-state index in [2.05, 4.69) is 15.2 Å². The van der Waals surface area contributed by atoms with Crippen LogP contribution in [-0.2, 0) is 0 Å². The molecule has 1 fully saturated rings. The number of hydrogen-bond donors (Lipinski definition) is 0. The minimum absolute atomic E-state index is 0.0182. The average Bonchev–Trinajstić information content (AvgIpc) is 3.43. The first-order valence-corrected chi connectivity index (χ1v) is 9.20. The highest BCUT2D eigenvalue weighted by molar-refractivity contribution is 5.94. The Hall–Kier alpha value is -3.42. The van der Waals surface area contributed by atoms with E-state index >= 15 is 0 Å². The Bertz CT molecular complexity index is 1000. The zero-order valence-electron chi connectivity index (χ0n) is 15.1. The lowest BCUT2D eigenvalue weighted by atomic mass is 9.97. The van der Waals surface area contributed by atoms with Crippen LogP contribution in [0.3, 0.4) is 0 Å². The molecule has 3 aromatic rings. The highest BCUT2D eigenvalue weighted by atomic mass is 16.7. The van der Waals surface area contributed by atoms with E-state index in [-0.39, 0.29) is 18.6 Å². The molecule has 0 radical (unpaired) electrons. The van der Waals surface area contributed by atoms with E-state index in [4.69, 9.17) is 13.9 Å². The molecule has 8 heteroatoms. The van der Waals surface area contributed by atoms with Gasteiger partial charge in [0.1, 0.15) is 0 Å². The number of piperidine rings is 1. The molecule has 2 aromatic heterocycles. The normalized spacial score (nSPS) is 18.3. The topological polar surface area (TPSA) is 90.6 Å². The van der Waals surface area contributed by atoms with Crippen molar-refractivity contribution >= 4 is 5.91 Å². The van der Waals surface area contributed by atoms with Crippen LogP contribution in [0.4, 0.5) is 0 Å². The van der Waals surface area contributed by atoms with Crippen molar-refractivity contribution in [3.05, 3.63) is 54.2 Å². The first-order chi connectivity index (χ1) is 13.8. The summed E-state index contributed by atoms with van der Waals surface area (Å²) >= 11 is 0. The fourth-order valence-corrected chi connectivity index (χ4v) is 3.58. The van der Waals surface area contributed by atoms with Crippen LogP contribution in [0.25, 0.3) is 11.5 Å². The summed E-state index contributed by atoms with van der Waals surface area (Å²) < 4.78 is 16.7. The Balaban J connectivity index is 1.33. The van der Waals surface area contributed by atoms with Gasteiger partial charge in [0, 0.05) is 31.0 Å². The molecular weight excluding hydrogens is 360 g/mol. The maximum atomic E-state index is 12.7. The van der Waals surface area contributed by atoms with Crippen LogP contribution in [0.1, 0.15) is 35.0 Å². The third-order valence-electron chi connectivity index (χ3n) is 5.03. The fraction of sp³-hybridized carbons (Fsp3) is 0.300. The van der Waals surface area contributed by atoms with Crippen molar-refractivity contribution in [2.24, 2.45) is 0 Å². The van der Waals surface area contributed by atoms with Gasteiger partial charge in [-0.25, -0.2) is 0 Å². The Kier molecular flexibility index (Phi) is 4.16. The molecule has 0 N–H and O–H groups in total. The summed E-state index contributed by atoms with van der Waals surface area (Å²) in [4.78, 5) is 18.6. The summed E-state index contributed by atoms with van der Waals surface area (Å²) in [6, 6.07) is 9.08. The standard InChI is InChI=1S/C20H18N4O4/c25-20(14-3-1-7-21-10-14)24-8-2-4-15(11-24)19-23-22-18(28-19)13-5-6-16-17(9-13)27-12-26-16/h1,3,5-7,9-10,15H,2,4,8,11-12H2. The van der Waals surface area contributed by atoms with Gasteiger partial charge in [0.05, 0.1) is 11.5 Å². The molecule has 5 rings (SSSR count).